The minimum absolute atomic E-state index is 0.213. The molecule has 0 saturated carbocycles. The van der Waals surface area contributed by atoms with Gasteiger partial charge in [-0.3, -0.25) is 4.57 Å². The van der Waals surface area contributed by atoms with Crippen molar-refractivity contribution in [1.29, 1.82) is 0 Å². The van der Waals surface area contributed by atoms with Crippen molar-refractivity contribution in [3.8, 4) is 0 Å². The van der Waals surface area contributed by atoms with Crippen molar-refractivity contribution in [2.75, 3.05) is 32.6 Å². The third-order valence-corrected chi connectivity index (χ3v) is 3.33. The summed E-state index contributed by atoms with van der Waals surface area (Å²) in [6.45, 7) is 6.77. The van der Waals surface area contributed by atoms with Crippen molar-refractivity contribution in [1.82, 2.24) is 0 Å². The lowest BCUT2D eigenvalue weighted by atomic mass is 10.9. The van der Waals surface area contributed by atoms with Crippen LogP contribution < -0.4 is 0 Å². The highest BCUT2D eigenvalue weighted by atomic mass is 31.2. The lowest BCUT2D eigenvalue weighted by molar-refractivity contribution is -0.287. The highest BCUT2D eigenvalue weighted by Gasteiger charge is 2.22. The Morgan fingerprint density at radius 1 is 0.929 bits per heavy atom. The zero-order chi connectivity index (χ0) is 10.9. The Hall–Kier alpha value is 0.0700. The molecule has 14 heavy (non-hydrogen) atoms. The van der Waals surface area contributed by atoms with Crippen LogP contribution in [0.3, 0.4) is 0 Å². The quantitative estimate of drug-likeness (QED) is 0.261. The smallest absolute Gasteiger partial charge is 0.309 e. The van der Waals surface area contributed by atoms with E-state index in [1.54, 1.807) is 13.8 Å². The van der Waals surface area contributed by atoms with Gasteiger partial charge < -0.3 is 9.05 Å². The van der Waals surface area contributed by atoms with E-state index in [2.05, 4.69) is 4.89 Å². The van der Waals surface area contributed by atoms with E-state index in [0.717, 1.165) is 0 Å². The molecule has 0 amide bonds. The van der Waals surface area contributed by atoms with E-state index < -0.39 is 7.60 Å². The summed E-state index contributed by atoms with van der Waals surface area (Å²) in [6.07, 6.45) is 0.217. The summed E-state index contributed by atoms with van der Waals surface area (Å²) in [7, 11) is -2.96. The molecule has 6 heteroatoms. The number of hydrogen-bond donors (Lipinski definition) is 0. The summed E-state index contributed by atoms with van der Waals surface area (Å²) in [4.78, 5) is 9.39. The maximum atomic E-state index is 11.8. The highest BCUT2D eigenvalue weighted by Crippen LogP contribution is 2.47. The van der Waals surface area contributed by atoms with Crippen LogP contribution in [0, 0.1) is 0 Å². The molecule has 0 aliphatic heterocycles. The Bertz CT molecular complexity index is 163. The van der Waals surface area contributed by atoms with E-state index in [1.165, 1.54) is 0 Å². The molecule has 0 atom stereocenters. The van der Waals surface area contributed by atoms with E-state index in [1.807, 2.05) is 6.92 Å². The van der Waals surface area contributed by atoms with Gasteiger partial charge in [0.15, 0.2) is 0 Å². The van der Waals surface area contributed by atoms with E-state index in [0.29, 0.717) is 19.8 Å². The molecular formula is C8H19O5P. The van der Waals surface area contributed by atoms with Crippen LogP contribution in [0.4, 0.5) is 0 Å². The zero-order valence-electron chi connectivity index (χ0n) is 9.02. The second kappa shape index (κ2) is 8.38. The Labute approximate surface area is 85.1 Å². The molecule has 0 aromatic heterocycles. The molecule has 5 nitrogen and oxygen atoms in total. The minimum atomic E-state index is -2.96. The topological polar surface area (TPSA) is 54.0 Å². The fourth-order valence-corrected chi connectivity index (χ4v) is 2.27. The van der Waals surface area contributed by atoms with Gasteiger partial charge in [-0.15, -0.1) is 0 Å². The fraction of sp³-hybridized carbons (Fsp3) is 1.00. The van der Waals surface area contributed by atoms with Crippen molar-refractivity contribution < 1.29 is 23.4 Å². The Morgan fingerprint density at radius 3 is 1.93 bits per heavy atom. The summed E-state index contributed by atoms with van der Waals surface area (Å²) in [5.74, 6) is 0. The third kappa shape index (κ3) is 6.51. The van der Waals surface area contributed by atoms with Crippen LogP contribution >= 0.6 is 7.60 Å². The Morgan fingerprint density at radius 2 is 1.50 bits per heavy atom. The van der Waals surface area contributed by atoms with Gasteiger partial charge in [-0.05, 0) is 20.8 Å². The average Bonchev–Trinajstić information content (AvgIpc) is 2.13. The van der Waals surface area contributed by atoms with E-state index >= 15 is 0 Å². The predicted octanol–water partition coefficient (Wildman–Crippen LogP) is 2.22. The average molecular weight is 226 g/mol. The van der Waals surface area contributed by atoms with Gasteiger partial charge in [0.25, 0.3) is 0 Å². The van der Waals surface area contributed by atoms with Crippen molar-refractivity contribution >= 4 is 7.60 Å². The standard InChI is InChI=1S/C8H19O5P/c1-4-10-11-7-8-14(9,12-5-2)13-6-3/h4-8H2,1-3H3. The van der Waals surface area contributed by atoms with Crippen LogP contribution in [0.25, 0.3) is 0 Å². The van der Waals surface area contributed by atoms with E-state index in [9.17, 15) is 4.57 Å². The molecule has 0 bridgehead atoms. The normalized spacial score (nSPS) is 11.9. The molecule has 0 heterocycles. The maximum Gasteiger partial charge on any atom is 0.333 e. The van der Waals surface area contributed by atoms with Crippen molar-refractivity contribution in [3.63, 3.8) is 0 Å². The largest absolute Gasteiger partial charge is 0.333 e. The van der Waals surface area contributed by atoms with Gasteiger partial charge in [-0.25, -0.2) is 9.78 Å². The van der Waals surface area contributed by atoms with Gasteiger partial charge in [0.05, 0.1) is 32.6 Å². The summed E-state index contributed by atoms with van der Waals surface area (Å²) in [6, 6.07) is 0. The number of hydrogen-bond acceptors (Lipinski definition) is 5. The third-order valence-electron chi connectivity index (χ3n) is 1.30. The molecule has 0 fully saturated rings. The molecule has 0 aromatic carbocycles. The SMILES string of the molecule is CCOOCCP(=O)(OCC)OCC. The molecule has 0 rings (SSSR count). The molecule has 0 radical (unpaired) electrons. The van der Waals surface area contributed by atoms with Crippen LogP contribution in [0.15, 0.2) is 0 Å². The molecule has 0 spiro atoms. The molecule has 0 aliphatic rings. The van der Waals surface area contributed by atoms with Gasteiger partial charge in [-0.1, -0.05) is 0 Å². The van der Waals surface area contributed by atoms with Crippen LogP contribution in [0.1, 0.15) is 20.8 Å². The zero-order valence-corrected chi connectivity index (χ0v) is 9.92. The second-order valence-corrected chi connectivity index (χ2v) is 4.58. The van der Waals surface area contributed by atoms with E-state index in [4.69, 9.17) is 13.9 Å². The second-order valence-electron chi connectivity index (χ2n) is 2.40. The van der Waals surface area contributed by atoms with Gasteiger partial charge >= 0.3 is 7.60 Å². The van der Waals surface area contributed by atoms with Gasteiger partial charge in [0.1, 0.15) is 0 Å². The van der Waals surface area contributed by atoms with Crippen molar-refractivity contribution in [2.24, 2.45) is 0 Å². The maximum absolute atomic E-state index is 11.8. The van der Waals surface area contributed by atoms with E-state index in [-0.39, 0.29) is 12.8 Å². The molecule has 0 aliphatic carbocycles. The lowest BCUT2D eigenvalue weighted by Gasteiger charge is -2.16. The summed E-state index contributed by atoms with van der Waals surface area (Å²) >= 11 is 0. The first-order chi connectivity index (χ1) is 6.68. The van der Waals surface area contributed by atoms with Gasteiger partial charge in [0.2, 0.25) is 0 Å². The monoisotopic (exact) mass is 226 g/mol. The predicted molar refractivity (Wildman–Crippen MR) is 53.3 cm³/mol. The molecule has 0 unspecified atom stereocenters. The van der Waals surface area contributed by atoms with Crippen LogP contribution in [0.5, 0.6) is 0 Å². The Balaban J connectivity index is 3.78. The first kappa shape index (κ1) is 14.1. The summed E-state index contributed by atoms with van der Waals surface area (Å²) in [5, 5.41) is 0. The van der Waals surface area contributed by atoms with Crippen LogP contribution in [-0.4, -0.2) is 32.6 Å². The lowest BCUT2D eigenvalue weighted by Crippen LogP contribution is -2.06. The highest BCUT2D eigenvalue weighted by molar-refractivity contribution is 7.53. The molecule has 86 valence electrons. The van der Waals surface area contributed by atoms with Crippen LogP contribution in [-0.2, 0) is 23.4 Å². The van der Waals surface area contributed by atoms with Crippen LogP contribution in [0.2, 0.25) is 0 Å². The fourth-order valence-electron chi connectivity index (χ4n) is 0.851. The summed E-state index contributed by atoms with van der Waals surface area (Å²) in [5.41, 5.74) is 0. The molecular weight excluding hydrogens is 207 g/mol. The van der Waals surface area contributed by atoms with Crippen molar-refractivity contribution in [3.05, 3.63) is 0 Å². The molecule has 0 aromatic rings. The molecule has 0 N–H and O–H groups in total. The first-order valence-corrected chi connectivity index (χ1v) is 6.53. The van der Waals surface area contributed by atoms with Gasteiger partial charge in [0, 0.05) is 0 Å². The van der Waals surface area contributed by atoms with Gasteiger partial charge in [-0.2, -0.15) is 0 Å². The van der Waals surface area contributed by atoms with Crippen molar-refractivity contribution in [2.45, 2.75) is 20.8 Å². The summed E-state index contributed by atoms with van der Waals surface area (Å²) < 4.78 is 21.9. The molecule has 0 saturated heterocycles. The number of rotatable bonds is 9. The first-order valence-electron chi connectivity index (χ1n) is 4.81. The minimum Gasteiger partial charge on any atom is -0.309 e. The Kier molecular flexibility index (Phi) is 8.43.